The van der Waals surface area contributed by atoms with Gasteiger partial charge in [-0.15, -0.1) is 34.0 Å². The Labute approximate surface area is 144 Å². The summed E-state index contributed by atoms with van der Waals surface area (Å²) in [5, 5.41) is 15.1. The first-order valence-corrected chi connectivity index (χ1v) is 9.36. The lowest BCUT2D eigenvalue weighted by atomic mass is 10.2. The second kappa shape index (κ2) is 6.93. The molecule has 0 spiro atoms. The van der Waals surface area contributed by atoms with Crippen LogP contribution in [-0.2, 0) is 6.54 Å². The molecule has 3 heterocycles. The van der Waals surface area contributed by atoms with Crippen molar-refractivity contribution < 1.29 is 9.90 Å². The van der Waals surface area contributed by atoms with Gasteiger partial charge in [-0.25, -0.2) is 0 Å². The van der Waals surface area contributed by atoms with E-state index in [2.05, 4.69) is 5.32 Å². The molecule has 0 bridgehead atoms. The van der Waals surface area contributed by atoms with Crippen molar-refractivity contribution in [2.75, 3.05) is 0 Å². The van der Waals surface area contributed by atoms with E-state index in [1.54, 1.807) is 12.1 Å². The van der Waals surface area contributed by atoms with E-state index in [0.717, 1.165) is 14.6 Å². The van der Waals surface area contributed by atoms with E-state index in [9.17, 15) is 9.90 Å². The van der Waals surface area contributed by atoms with E-state index < -0.39 is 6.10 Å². The molecule has 0 saturated heterocycles. The van der Waals surface area contributed by atoms with Gasteiger partial charge in [-0.3, -0.25) is 4.79 Å². The summed E-state index contributed by atoms with van der Waals surface area (Å²) >= 11 is 10.1. The smallest absolute Gasteiger partial charge is 0.261 e. The fourth-order valence-electron chi connectivity index (χ4n) is 1.91. The topological polar surface area (TPSA) is 49.3 Å². The first kappa shape index (κ1) is 15.7. The van der Waals surface area contributed by atoms with Crippen LogP contribution in [0, 0.1) is 0 Å². The summed E-state index contributed by atoms with van der Waals surface area (Å²) in [7, 11) is 0. The second-order valence-electron chi connectivity index (χ2n) is 4.51. The lowest BCUT2D eigenvalue weighted by Crippen LogP contribution is -2.21. The van der Waals surface area contributed by atoms with Crippen LogP contribution in [0.25, 0.3) is 0 Å². The number of amides is 1. The van der Waals surface area contributed by atoms with Crippen molar-refractivity contribution in [3.05, 3.63) is 65.6 Å². The standard InChI is InChI=1S/C15H12ClNO2S3/c16-13-6-5-12(22-13)15(19)17-8-9-3-4-11(21-9)14(18)10-2-1-7-20-10/h1-7,14,18H,8H2,(H,17,19). The minimum absolute atomic E-state index is 0.134. The maximum Gasteiger partial charge on any atom is 0.261 e. The molecule has 114 valence electrons. The Bertz CT molecular complexity index is 763. The summed E-state index contributed by atoms with van der Waals surface area (Å²) in [5.74, 6) is -0.134. The summed E-state index contributed by atoms with van der Waals surface area (Å²) < 4.78 is 0.600. The Hall–Kier alpha value is -1.18. The van der Waals surface area contributed by atoms with Crippen LogP contribution in [0.15, 0.2) is 41.8 Å². The van der Waals surface area contributed by atoms with Crippen molar-refractivity contribution in [2.24, 2.45) is 0 Å². The molecule has 1 amide bonds. The lowest BCUT2D eigenvalue weighted by Gasteiger charge is -2.05. The van der Waals surface area contributed by atoms with Gasteiger partial charge in [0.1, 0.15) is 6.10 Å². The number of hydrogen-bond acceptors (Lipinski definition) is 5. The van der Waals surface area contributed by atoms with Crippen molar-refractivity contribution in [1.29, 1.82) is 0 Å². The third-order valence-corrected chi connectivity index (χ3v) is 6.28. The van der Waals surface area contributed by atoms with Crippen LogP contribution in [0.1, 0.15) is 30.4 Å². The fraction of sp³-hybridized carbons (Fsp3) is 0.133. The first-order valence-electron chi connectivity index (χ1n) is 6.47. The van der Waals surface area contributed by atoms with Crippen molar-refractivity contribution in [2.45, 2.75) is 12.6 Å². The minimum Gasteiger partial charge on any atom is -0.382 e. The highest BCUT2D eigenvalue weighted by atomic mass is 35.5. The zero-order valence-corrected chi connectivity index (χ0v) is 14.5. The van der Waals surface area contributed by atoms with Crippen LogP contribution < -0.4 is 5.32 Å². The van der Waals surface area contributed by atoms with Crippen molar-refractivity contribution in [3.8, 4) is 0 Å². The van der Waals surface area contributed by atoms with Crippen molar-refractivity contribution >= 4 is 51.5 Å². The molecule has 0 aliphatic rings. The average Bonchev–Trinajstić information content (AvgIpc) is 3.25. The van der Waals surface area contributed by atoms with Crippen LogP contribution >= 0.6 is 45.6 Å². The van der Waals surface area contributed by atoms with Crippen molar-refractivity contribution in [1.82, 2.24) is 5.32 Å². The molecule has 0 aliphatic heterocycles. The van der Waals surface area contributed by atoms with Crippen molar-refractivity contribution in [3.63, 3.8) is 0 Å². The van der Waals surface area contributed by atoms with Gasteiger partial charge in [0.15, 0.2) is 0 Å². The molecule has 2 N–H and O–H groups in total. The maximum absolute atomic E-state index is 12.0. The molecule has 3 aromatic heterocycles. The predicted octanol–water partition coefficient (Wildman–Crippen LogP) is 4.54. The van der Waals surface area contributed by atoms with Crippen LogP contribution in [0.3, 0.4) is 0 Å². The number of rotatable bonds is 5. The van der Waals surface area contributed by atoms with Crippen LogP contribution in [0.2, 0.25) is 4.34 Å². The third-order valence-electron chi connectivity index (χ3n) is 2.98. The summed E-state index contributed by atoms with van der Waals surface area (Å²) in [5.41, 5.74) is 0. The number of thiophene rings is 3. The summed E-state index contributed by atoms with van der Waals surface area (Å²) in [6.07, 6.45) is -0.592. The Morgan fingerprint density at radius 2 is 2.05 bits per heavy atom. The Kier molecular flexibility index (Phi) is 4.95. The third kappa shape index (κ3) is 3.59. The molecule has 0 saturated carbocycles. The normalized spacial score (nSPS) is 12.3. The molecular formula is C15H12ClNO2S3. The molecule has 1 unspecified atom stereocenters. The van der Waals surface area contributed by atoms with E-state index in [1.807, 2.05) is 29.6 Å². The molecule has 3 aromatic rings. The Morgan fingerprint density at radius 1 is 1.18 bits per heavy atom. The second-order valence-corrected chi connectivity index (χ2v) is 8.40. The van der Waals surface area contributed by atoms with Gasteiger partial charge in [0.05, 0.1) is 15.8 Å². The minimum atomic E-state index is -0.592. The van der Waals surface area contributed by atoms with E-state index in [1.165, 1.54) is 34.0 Å². The summed E-state index contributed by atoms with van der Waals surface area (Å²) in [6.45, 7) is 0.441. The largest absolute Gasteiger partial charge is 0.382 e. The molecule has 22 heavy (non-hydrogen) atoms. The molecule has 3 rings (SSSR count). The van der Waals surface area contributed by atoms with Gasteiger partial charge in [-0.2, -0.15) is 0 Å². The van der Waals surface area contributed by atoms with E-state index in [0.29, 0.717) is 15.8 Å². The zero-order chi connectivity index (χ0) is 15.5. The van der Waals surface area contributed by atoms with Gasteiger partial charge in [0, 0.05) is 14.6 Å². The highest BCUT2D eigenvalue weighted by molar-refractivity contribution is 7.18. The van der Waals surface area contributed by atoms with E-state index in [4.69, 9.17) is 11.6 Å². The molecule has 0 fully saturated rings. The van der Waals surface area contributed by atoms with Gasteiger partial charge in [-0.1, -0.05) is 17.7 Å². The highest BCUT2D eigenvalue weighted by Crippen LogP contribution is 2.31. The van der Waals surface area contributed by atoms with Gasteiger partial charge >= 0.3 is 0 Å². The first-order chi connectivity index (χ1) is 10.6. The van der Waals surface area contributed by atoms with E-state index in [-0.39, 0.29) is 5.91 Å². The highest BCUT2D eigenvalue weighted by Gasteiger charge is 2.14. The predicted molar refractivity (Wildman–Crippen MR) is 93.2 cm³/mol. The monoisotopic (exact) mass is 369 g/mol. The molecule has 0 aromatic carbocycles. The molecular weight excluding hydrogens is 358 g/mol. The molecule has 3 nitrogen and oxygen atoms in total. The Balaban J connectivity index is 1.61. The molecule has 7 heteroatoms. The van der Waals surface area contributed by atoms with Crippen LogP contribution in [0.5, 0.6) is 0 Å². The number of nitrogens with one attached hydrogen (secondary N) is 1. The number of carbonyl (C=O) groups is 1. The average molecular weight is 370 g/mol. The molecule has 0 radical (unpaired) electrons. The SMILES string of the molecule is O=C(NCc1ccc(C(O)c2cccs2)s1)c1ccc(Cl)s1. The molecule has 1 atom stereocenters. The van der Waals surface area contributed by atoms with E-state index >= 15 is 0 Å². The Morgan fingerprint density at radius 3 is 2.73 bits per heavy atom. The van der Waals surface area contributed by atoms with Gasteiger partial charge in [0.25, 0.3) is 5.91 Å². The number of halogens is 1. The number of hydrogen-bond donors (Lipinski definition) is 2. The number of carbonyl (C=O) groups excluding carboxylic acids is 1. The molecule has 0 aliphatic carbocycles. The van der Waals surface area contributed by atoms with Gasteiger partial charge in [0.2, 0.25) is 0 Å². The zero-order valence-electron chi connectivity index (χ0n) is 11.3. The van der Waals surface area contributed by atoms with Crippen LogP contribution in [0.4, 0.5) is 0 Å². The van der Waals surface area contributed by atoms with Gasteiger partial charge < -0.3 is 10.4 Å². The lowest BCUT2D eigenvalue weighted by molar-refractivity contribution is 0.0955. The fourth-order valence-corrected chi connectivity index (χ4v) is 4.63. The van der Waals surface area contributed by atoms with Gasteiger partial charge in [-0.05, 0) is 35.7 Å². The number of aliphatic hydroxyl groups excluding tert-OH is 1. The summed E-state index contributed by atoms with van der Waals surface area (Å²) in [4.78, 5) is 15.4. The quantitative estimate of drug-likeness (QED) is 0.693. The summed E-state index contributed by atoms with van der Waals surface area (Å²) in [6, 6.07) is 11.1. The maximum atomic E-state index is 12.0. The van der Waals surface area contributed by atoms with Crippen LogP contribution in [-0.4, -0.2) is 11.0 Å². The number of aliphatic hydroxyl groups is 1.